The van der Waals surface area contributed by atoms with Gasteiger partial charge in [-0.1, -0.05) is 20.8 Å². The van der Waals surface area contributed by atoms with Gasteiger partial charge in [0.05, 0.1) is 0 Å². The quantitative estimate of drug-likeness (QED) is 0.805. The third kappa shape index (κ3) is 3.61. The smallest absolute Gasteiger partial charge is 0.00482 e. The average Bonchev–Trinajstić information content (AvgIpc) is 2.49. The Balaban J connectivity index is 0.00000128. The molecule has 2 rings (SSSR count). The number of rotatable bonds is 2. The van der Waals surface area contributed by atoms with Gasteiger partial charge in [0, 0.05) is 26.2 Å². The fraction of sp³-hybridized carbons (Fsp3) is 1.00. The summed E-state index contributed by atoms with van der Waals surface area (Å²) < 4.78 is 0. The molecule has 3 unspecified atom stereocenters. The molecule has 0 aliphatic carbocycles. The molecule has 1 N–H and O–H groups in total. The van der Waals surface area contributed by atoms with Gasteiger partial charge in [0.15, 0.2) is 0 Å². The number of nitrogens with zero attached hydrogens (tertiary/aromatic N) is 1. The molecule has 0 radical (unpaired) electrons. The Labute approximate surface area is 107 Å². The first-order valence-electron chi connectivity index (χ1n) is 6.50. The Hall–Kier alpha value is 0.210. The second kappa shape index (κ2) is 5.70. The summed E-state index contributed by atoms with van der Waals surface area (Å²) in [4.78, 5) is 2.70. The van der Waals surface area contributed by atoms with Crippen LogP contribution in [0, 0.1) is 17.3 Å². The van der Waals surface area contributed by atoms with Crippen LogP contribution in [0.2, 0.25) is 0 Å². The van der Waals surface area contributed by atoms with Gasteiger partial charge in [0.2, 0.25) is 0 Å². The monoisotopic (exact) mass is 246 g/mol. The van der Waals surface area contributed by atoms with Crippen LogP contribution in [0.5, 0.6) is 0 Å². The summed E-state index contributed by atoms with van der Waals surface area (Å²) in [5.74, 6) is 1.79. The van der Waals surface area contributed by atoms with Gasteiger partial charge in [-0.3, -0.25) is 0 Å². The maximum atomic E-state index is 3.50. The van der Waals surface area contributed by atoms with E-state index in [0.717, 1.165) is 11.8 Å². The lowest BCUT2D eigenvalue weighted by Crippen LogP contribution is -2.44. The molecule has 2 heterocycles. The molecule has 96 valence electrons. The number of likely N-dealkylation sites (tertiary alicyclic amines) is 1. The zero-order chi connectivity index (χ0) is 10.9. The molecular formula is C13H27ClN2. The zero-order valence-corrected chi connectivity index (χ0v) is 11.8. The van der Waals surface area contributed by atoms with E-state index in [4.69, 9.17) is 0 Å². The molecule has 0 amide bonds. The first-order valence-corrected chi connectivity index (χ1v) is 6.50. The Kier molecular flexibility index (Phi) is 5.09. The van der Waals surface area contributed by atoms with E-state index in [9.17, 15) is 0 Å². The van der Waals surface area contributed by atoms with Crippen molar-refractivity contribution in [3.05, 3.63) is 0 Å². The molecule has 0 aromatic carbocycles. The van der Waals surface area contributed by atoms with Gasteiger partial charge >= 0.3 is 0 Å². The predicted molar refractivity (Wildman–Crippen MR) is 72.2 cm³/mol. The van der Waals surface area contributed by atoms with E-state index >= 15 is 0 Å². The van der Waals surface area contributed by atoms with E-state index in [-0.39, 0.29) is 12.4 Å². The molecule has 16 heavy (non-hydrogen) atoms. The van der Waals surface area contributed by atoms with Gasteiger partial charge in [-0.25, -0.2) is 0 Å². The minimum absolute atomic E-state index is 0. The highest BCUT2D eigenvalue weighted by Gasteiger charge is 2.32. The lowest BCUT2D eigenvalue weighted by Gasteiger charge is -2.39. The zero-order valence-electron chi connectivity index (χ0n) is 11.0. The second-order valence-electron chi connectivity index (χ2n) is 6.38. The Bertz CT molecular complexity index is 204. The van der Waals surface area contributed by atoms with Crippen molar-refractivity contribution in [2.24, 2.45) is 17.3 Å². The molecule has 2 nitrogen and oxygen atoms in total. The number of hydrogen-bond acceptors (Lipinski definition) is 2. The number of piperidine rings is 1. The first-order chi connectivity index (χ1) is 7.07. The highest BCUT2D eigenvalue weighted by atomic mass is 35.5. The topological polar surface area (TPSA) is 15.3 Å². The van der Waals surface area contributed by atoms with Crippen molar-refractivity contribution in [3.8, 4) is 0 Å². The molecule has 2 aliphatic rings. The van der Waals surface area contributed by atoms with Crippen molar-refractivity contribution in [1.29, 1.82) is 0 Å². The molecule has 0 aromatic heterocycles. The molecule has 3 heteroatoms. The van der Waals surface area contributed by atoms with Crippen LogP contribution in [0.25, 0.3) is 0 Å². The van der Waals surface area contributed by atoms with Gasteiger partial charge in [-0.2, -0.15) is 0 Å². The van der Waals surface area contributed by atoms with Crippen molar-refractivity contribution in [1.82, 2.24) is 10.2 Å². The molecule has 2 saturated heterocycles. The van der Waals surface area contributed by atoms with Crippen LogP contribution in [0.3, 0.4) is 0 Å². The SMILES string of the molecule is CC1CC(C)CN(CC2(C)CCNC2)C1.Cl. The molecule has 3 atom stereocenters. The van der Waals surface area contributed by atoms with Gasteiger partial charge in [0.25, 0.3) is 0 Å². The predicted octanol–water partition coefficient (Wildman–Crippen LogP) is 2.39. The molecule has 0 bridgehead atoms. The summed E-state index contributed by atoms with van der Waals surface area (Å²) in [6.45, 7) is 13.6. The Morgan fingerprint density at radius 2 is 1.88 bits per heavy atom. The van der Waals surface area contributed by atoms with E-state index in [2.05, 4.69) is 31.0 Å². The van der Waals surface area contributed by atoms with Crippen LogP contribution in [0.15, 0.2) is 0 Å². The van der Waals surface area contributed by atoms with Crippen molar-refractivity contribution in [3.63, 3.8) is 0 Å². The van der Waals surface area contributed by atoms with Crippen molar-refractivity contribution in [2.45, 2.75) is 33.6 Å². The Morgan fingerprint density at radius 1 is 1.25 bits per heavy atom. The van der Waals surface area contributed by atoms with Gasteiger partial charge < -0.3 is 10.2 Å². The van der Waals surface area contributed by atoms with Crippen molar-refractivity contribution < 1.29 is 0 Å². The number of hydrogen-bond donors (Lipinski definition) is 1. The summed E-state index contributed by atoms with van der Waals surface area (Å²) in [5, 5.41) is 3.50. The van der Waals surface area contributed by atoms with Crippen LogP contribution in [0.1, 0.15) is 33.6 Å². The standard InChI is InChI=1S/C13H26N2.ClH/c1-11-6-12(2)8-15(7-11)10-13(3)4-5-14-9-13;/h11-12,14H,4-10H2,1-3H3;1H. The second-order valence-corrected chi connectivity index (χ2v) is 6.38. The van der Waals surface area contributed by atoms with Gasteiger partial charge in [-0.05, 0) is 36.6 Å². The highest BCUT2D eigenvalue weighted by molar-refractivity contribution is 5.85. The fourth-order valence-corrected chi connectivity index (χ4v) is 3.46. The minimum Gasteiger partial charge on any atom is -0.316 e. The van der Waals surface area contributed by atoms with Crippen molar-refractivity contribution in [2.75, 3.05) is 32.7 Å². The third-order valence-electron chi connectivity index (χ3n) is 4.01. The molecular weight excluding hydrogens is 220 g/mol. The lowest BCUT2D eigenvalue weighted by atomic mass is 9.86. The van der Waals surface area contributed by atoms with E-state index in [1.165, 1.54) is 45.6 Å². The van der Waals surface area contributed by atoms with E-state index < -0.39 is 0 Å². The number of halogens is 1. The maximum absolute atomic E-state index is 3.50. The first kappa shape index (κ1) is 14.3. The van der Waals surface area contributed by atoms with Crippen LogP contribution in [-0.2, 0) is 0 Å². The summed E-state index contributed by atoms with van der Waals surface area (Å²) in [6.07, 6.45) is 2.78. The summed E-state index contributed by atoms with van der Waals surface area (Å²) >= 11 is 0. The van der Waals surface area contributed by atoms with Crippen LogP contribution in [-0.4, -0.2) is 37.6 Å². The summed E-state index contributed by atoms with van der Waals surface area (Å²) in [7, 11) is 0. The average molecular weight is 247 g/mol. The van der Waals surface area contributed by atoms with Crippen LogP contribution < -0.4 is 5.32 Å². The normalized spacial score (nSPS) is 40.7. The highest BCUT2D eigenvalue weighted by Crippen LogP contribution is 2.29. The largest absolute Gasteiger partial charge is 0.316 e. The fourth-order valence-electron chi connectivity index (χ4n) is 3.46. The molecule has 2 aliphatic heterocycles. The molecule has 0 saturated carbocycles. The van der Waals surface area contributed by atoms with Crippen LogP contribution >= 0.6 is 12.4 Å². The molecule has 2 fully saturated rings. The third-order valence-corrected chi connectivity index (χ3v) is 4.01. The maximum Gasteiger partial charge on any atom is 0.00482 e. The van der Waals surface area contributed by atoms with Gasteiger partial charge in [-0.15, -0.1) is 12.4 Å². The summed E-state index contributed by atoms with van der Waals surface area (Å²) in [5.41, 5.74) is 0.538. The molecule has 0 spiro atoms. The van der Waals surface area contributed by atoms with E-state index in [1.54, 1.807) is 0 Å². The summed E-state index contributed by atoms with van der Waals surface area (Å²) in [6, 6.07) is 0. The van der Waals surface area contributed by atoms with E-state index in [0.29, 0.717) is 5.41 Å². The van der Waals surface area contributed by atoms with Crippen LogP contribution in [0.4, 0.5) is 0 Å². The van der Waals surface area contributed by atoms with E-state index in [1.807, 2.05) is 0 Å². The lowest BCUT2D eigenvalue weighted by molar-refractivity contribution is 0.0969. The van der Waals surface area contributed by atoms with Gasteiger partial charge in [0.1, 0.15) is 0 Å². The molecule has 0 aromatic rings. The minimum atomic E-state index is 0. The van der Waals surface area contributed by atoms with Crippen molar-refractivity contribution >= 4 is 12.4 Å². The number of nitrogens with one attached hydrogen (secondary N) is 1. The Morgan fingerprint density at radius 3 is 2.38 bits per heavy atom.